The van der Waals surface area contributed by atoms with Gasteiger partial charge in [0.1, 0.15) is 11.8 Å². The molecule has 0 radical (unpaired) electrons. The minimum atomic E-state index is -0.688. The first-order valence-electron chi connectivity index (χ1n) is 10.3. The van der Waals surface area contributed by atoms with E-state index in [1.54, 1.807) is 36.4 Å². The first kappa shape index (κ1) is 26.8. The number of benzene rings is 2. The minimum absolute atomic E-state index is 0.00885. The van der Waals surface area contributed by atoms with E-state index in [0.29, 0.717) is 32.8 Å². The molecule has 0 aliphatic carbocycles. The lowest BCUT2D eigenvalue weighted by molar-refractivity contribution is -0.143. The van der Waals surface area contributed by atoms with E-state index >= 15 is 0 Å². The van der Waals surface area contributed by atoms with Crippen molar-refractivity contribution in [2.45, 2.75) is 52.2 Å². The summed E-state index contributed by atoms with van der Waals surface area (Å²) >= 11 is 21.9. The Morgan fingerprint density at radius 2 is 1.78 bits per heavy atom. The summed E-state index contributed by atoms with van der Waals surface area (Å²) in [6.07, 6.45) is 1.21. The van der Waals surface area contributed by atoms with E-state index in [2.05, 4.69) is 21.2 Å². The molecule has 0 aliphatic rings. The number of hydrogen-bond donors (Lipinski definition) is 1. The number of nitrogens with zero attached hydrogens (tertiary/aromatic N) is 1. The summed E-state index contributed by atoms with van der Waals surface area (Å²) in [7, 11) is 0. The Balaban J connectivity index is 2.28. The smallest absolute Gasteiger partial charge is 0.261 e. The van der Waals surface area contributed by atoms with E-state index in [0.717, 1.165) is 10.9 Å². The van der Waals surface area contributed by atoms with Crippen molar-refractivity contribution < 1.29 is 14.3 Å². The number of halogens is 4. The van der Waals surface area contributed by atoms with Gasteiger partial charge < -0.3 is 15.0 Å². The molecule has 2 aromatic rings. The molecule has 0 saturated heterocycles. The molecule has 2 atom stereocenters. The molecule has 0 aliphatic heterocycles. The fraction of sp³-hybridized carbons (Fsp3) is 0.391. The van der Waals surface area contributed by atoms with Gasteiger partial charge in [0.05, 0.1) is 5.02 Å². The maximum absolute atomic E-state index is 13.2. The standard InChI is InChI=1S/C23H26BrCl3N2O3/c1-4-14(3)28-23(31)20(5-2)29(12-15-6-8-17(25)11-18(15)26)22(30)13-32-21-9-7-16(24)10-19(21)27/h6-11,14,20H,4-5,12-13H2,1-3H3,(H,28,31)/t14-,20+/m1/s1. The monoisotopic (exact) mass is 562 g/mol. The number of amides is 2. The van der Waals surface area contributed by atoms with Gasteiger partial charge in [0.2, 0.25) is 5.91 Å². The Morgan fingerprint density at radius 3 is 2.38 bits per heavy atom. The van der Waals surface area contributed by atoms with Crippen molar-refractivity contribution in [3.05, 3.63) is 61.5 Å². The molecule has 0 heterocycles. The van der Waals surface area contributed by atoms with Crippen molar-refractivity contribution in [3.8, 4) is 5.75 Å². The summed E-state index contributed by atoms with van der Waals surface area (Å²) in [5.41, 5.74) is 0.681. The molecule has 32 heavy (non-hydrogen) atoms. The Labute approximate surface area is 212 Å². The number of ether oxygens (including phenoxy) is 1. The van der Waals surface area contributed by atoms with E-state index in [4.69, 9.17) is 39.5 Å². The zero-order valence-electron chi connectivity index (χ0n) is 18.1. The fourth-order valence-electron chi connectivity index (χ4n) is 3.01. The van der Waals surface area contributed by atoms with Crippen molar-refractivity contribution in [2.75, 3.05) is 6.61 Å². The molecule has 5 nitrogen and oxygen atoms in total. The van der Waals surface area contributed by atoms with Gasteiger partial charge in [-0.3, -0.25) is 9.59 Å². The maximum Gasteiger partial charge on any atom is 0.261 e. The number of hydrogen-bond acceptors (Lipinski definition) is 3. The van der Waals surface area contributed by atoms with E-state index in [-0.39, 0.29) is 31.0 Å². The van der Waals surface area contributed by atoms with E-state index in [9.17, 15) is 9.59 Å². The van der Waals surface area contributed by atoms with Crippen LogP contribution in [0.2, 0.25) is 15.1 Å². The molecule has 174 valence electrons. The van der Waals surface area contributed by atoms with Crippen LogP contribution < -0.4 is 10.1 Å². The van der Waals surface area contributed by atoms with Crippen LogP contribution in [0.25, 0.3) is 0 Å². The second kappa shape index (κ2) is 12.7. The van der Waals surface area contributed by atoms with Crippen LogP contribution in [-0.2, 0) is 16.1 Å². The van der Waals surface area contributed by atoms with Crippen LogP contribution in [0.5, 0.6) is 5.75 Å². The van der Waals surface area contributed by atoms with Crippen molar-refractivity contribution in [1.29, 1.82) is 0 Å². The maximum atomic E-state index is 13.2. The highest BCUT2D eigenvalue weighted by Gasteiger charge is 2.30. The third kappa shape index (κ3) is 7.55. The molecule has 0 bridgehead atoms. The highest BCUT2D eigenvalue weighted by Crippen LogP contribution is 2.28. The molecule has 2 amide bonds. The Kier molecular flexibility index (Phi) is 10.6. The average molecular weight is 565 g/mol. The summed E-state index contributed by atoms with van der Waals surface area (Å²) < 4.78 is 6.47. The summed E-state index contributed by atoms with van der Waals surface area (Å²) in [5.74, 6) is -0.201. The molecule has 0 fully saturated rings. The van der Waals surface area contributed by atoms with Crippen molar-refractivity contribution in [1.82, 2.24) is 10.2 Å². The largest absolute Gasteiger partial charge is 0.482 e. The molecule has 2 rings (SSSR count). The van der Waals surface area contributed by atoms with Gasteiger partial charge in [-0.15, -0.1) is 0 Å². The molecular formula is C23H26BrCl3N2O3. The number of carbonyl (C=O) groups excluding carboxylic acids is 2. The SMILES string of the molecule is CC[C@@H](C)NC(=O)[C@H](CC)N(Cc1ccc(Cl)cc1Cl)C(=O)COc1ccc(Br)cc1Cl. The first-order valence-corrected chi connectivity index (χ1v) is 12.2. The first-order chi connectivity index (χ1) is 15.2. The molecule has 0 aromatic heterocycles. The van der Waals surface area contributed by atoms with Crippen LogP contribution in [0.4, 0.5) is 0 Å². The van der Waals surface area contributed by atoms with Crippen LogP contribution >= 0.6 is 50.7 Å². The molecule has 9 heteroatoms. The Bertz CT molecular complexity index is 958. The van der Waals surface area contributed by atoms with Crippen LogP contribution in [0.1, 0.15) is 39.2 Å². The molecule has 2 aromatic carbocycles. The number of carbonyl (C=O) groups is 2. The van der Waals surface area contributed by atoms with E-state index in [1.165, 1.54) is 4.90 Å². The fourth-order valence-corrected chi connectivity index (χ4v) is 4.20. The van der Waals surface area contributed by atoms with E-state index in [1.807, 2.05) is 20.8 Å². The topological polar surface area (TPSA) is 58.6 Å². The van der Waals surface area contributed by atoms with Gasteiger partial charge >= 0.3 is 0 Å². The Morgan fingerprint density at radius 1 is 1.06 bits per heavy atom. The zero-order valence-corrected chi connectivity index (χ0v) is 22.0. The summed E-state index contributed by atoms with van der Waals surface area (Å²) in [6, 6.07) is 9.48. The van der Waals surface area contributed by atoms with Gasteiger partial charge in [0.25, 0.3) is 5.91 Å². The van der Waals surface area contributed by atoms with Gasteiger partial charge in [0.15, 0.2) is 6.61 Å². The molecule has 0 unspecified atom stereocenters. The normalized spacial score (nSPS) is 12.7. The van der Waals surface area contributed by atoms with Gasteiger partial charge in [-0.05, 0) is 55.7 Å². The highest BCUT2D eigenvalue weighted by molar-refractivity contribution is 9.10. The van der Waals surface area contributed by atoms with Crippen molar-refractivity contribution in [2.24, 2.45) is 0 Å². The van der Waals surface area contributed by atoms with Gasteiger partial charge in [0, 0.05) is 27.1 Å². The number of nitrogens with one attached hydrogen (secondary N) is 1. The second-order valence-electron chi connectivity index (χ2n) is 7.36. The third-order valence-corrected chi connectivity index (χ3v) is 6.36. The summed E-state index contributed by atoms with van der Waals surface area (Å²) in [6.45, 7) is 5.62. The van der Waals surface area contributed by atoms with Crippen LogP contribution in [0.15, 0.2) is 40.9 Å². The van der Waals surface area contributed by atoms with Crippen molar-refractivity contribution >= 4 is 62.5 Å². The lowest BCUT2D eigenvalue weighted by Gasteiger charge is -2.31. The predicted octanol–water partition coefficient (Wildman–Crippen LogP) is 6.51. The number of rotatable bonds is 10. The quantitative estimate of drug-likeness (QED) is 0.358. The predicted molar refractivity (Wildman–Crippen MR) is 134 cm³/mol. The molecule has 0 saturated carbocycles. The third-order valence-electron chi connectivity index (χ3n) is 4.99. The van der Waals surface area contributed by atoms with Gasteiger partial charge in [-0.1, -0.05) is 70.6 Å². The van der Waals surface area contributed by atoms with Crippen LogP contribution in [0, 0.1) is 0 Å². The summed E-state index contributed by atoms with van der Waals surface area (Å²) in [4.78, 5) is 27.7. The Hall–Kier alpha value is -1.47. The lowest BCUT2D eigenvalue weighted by Crippen LogP contribution is -2.51. The molecule has 0 spiro atoms. The van der Waals surface area contributed by atoms with Gasteiger partial charge in [-0.25, -0.2) is 0 Å². The second-order valence-corrected chi connectivity index (χ2v) is 9.53. The van der Waals surface area contributed by atoms with E-state index < -0.39 is 6.04 Å². The van der Waals surface area contributed by atoms with Crippen LogP contribution in [0.3, 0.4) is 0 Å². The lowest BCUT2D eigenvalue weighted by atomic mass is 10.1. The molecular weight excluding hydrogens is 539 g/mol. The minimum Gasteiger partial charge on any atom is -0.482 e. The van der Waals surface area contributed by atoms with Crippen LogP contribution in [-0.4, -0.2) is 35.4 Å². The molecule has 1 N–H and O–H groups in total. The highest BCUT2D eigenvalue weighted by atomic mass is 79.9. The van der Waals surface area contributed by atoms with Gasteiger partial charge in [-0.2, -0.15) is 0 Å². The zero-order chi connectivity index (χ0) is 23.8. The summed E-state index contributed by atoms with van der Waals surface area (Å²) in [5, 5.41) is 4.25. The average Bonchev–Trinajstić information content (AvgIpc) is 2.74. The van der Waals surface area contributed by atoms with Crippen molar-refractivity contribution in [3.63, 3.8) is 0 Å².